The molecule has 1 fully saturated rings. The van der Waals surface area contributed by atoms with Crippen LogP contribution >= 0.6 is 0 Å². The molecule has 3 rings (SSSR count). The normalized spacial score (nSPS) is 24.5. The van der Waals surface area contributed by atoms with Crippen LogP contribution < -0.4 is 4.90 Å². The van der Waals surface area contributed by atoms with Gasteiger partial charge in [0.05, 0.1) is 6.04 Å². The topological polar surface area (TPSA) is 3.24 Å². The zero-order valence-electron chi connectivity index (χ0n) is 13.4. The summed E-state index contributed by atoms with van der Waals surface area (Å²) in [4.78, 5) is 2.70. The molecular weight excluding hydrogens is 254 g/mol. The zero-order chi connectivity index (χ0) is 14.7. The summed E-state index contributed by atoms with van der Waals surface area (Å²) in [7, 11) is 0. The van der Waals surface area contributed by atoms with Gasteiger partial charge in [0.2, 0.25) is 0 Å². The van der Waals surface area contributed by atoms with Crippen molar-refractivity contribution in [1.82, 2.24) is 0 Å². The maximum absolute atomic E-state index is 2.70. The molecule has 0 amide bonds. The summed E-state index contributed by atoms with van der Waals surface area (Å²) in [6, 6.07) is 11.5. The predicted octanol–water partition coefficient (Wildman–Crippen LogP) is 5.49. The number of hydrogen-bond acceptors (Lipinski definition) is 1. The van der Waals surface area contributed by atoms with E-state index in [9.17, 15) is 0 Å². The van der Waals surface area contributed by atoms with Gasteiger partial charge in [0.15, 0.2) is 0 Å². The lowest BCUT2D eigenvalue weighted by molar-refractivity contribution is 0.286. The monoisotopic (exact) mass is 281 g/mol. The van der Waals surface area contributed by atoms with E-state index in [-0.39, 0.29) is 0 Å². The predicted molar refractivity (Wildman–Crippen MR) is 91.7 cm³/mol. The van der Waals surface area contributed by atoms with E-state index in [0.717, 1.165) is 6.42 Å². The van der Waals surface area contributed by atoms with Crippen LogP contribution in [0.3, 0.4) is 0 Å². The molecule has 0 saturated heterocycles. The molecule has 1 atom stereocenters. The van der Waals surface area contributed by atoms with E-state index >= 15 is 0 Å². The minimum atomic E-state index is 0.299. The summed E-state index contributed by atoms with van der Waals surface area (Å²) >= 11 is 0. The molecule has 0 aliphatic heterocycles. The van der Waals surface area contributed by atoms with Gasteiger partial charge in [-0.25, -0.2) is 0 Å². The fourth-order valence-electron chi connectivity index (χ4n) is 3.95. The Morgan fingerprint density at radius 1 is 1.05 bits per heavy atom. The van der Waals surface area contributed by atoms with E-state index in [2.05, 4.69) is 67.3 Å². The third-order valence-corrected chi connectivity index (χ3v) is 5.14. The van der Waals surface area contributed by atoms with Gasteiger partial charge in [-0.3, -0.25) is 0 Å². The summed E-state index contributed by atoms with van der Waals surface area (Å²) < 4.78 is 0. The van der Waals surface area contributed by atoms with Crippen LogP contribution in [0, 0.1) is 0 Å². The molecule has 1 nitrogen and oxygen atoms in total. The SMILES string of the molecule is CC1=CCC(N(c2ccccc2)C2(C)CCCCC2)C=C1. The van der Waals surface area contributed by atoms with Crippen molar-refractivity contribution in [3.63, 3.8) is 0 Å². The fraction of sp³-hybridized carbons (Fsp3) is 0.500. The first-order valence-corrected chi connectivity index (χ1v) is 8.38. The lowest BCUT2D eigenvalue weighted by Crippen LogP contribution is -2.53. The molecule has 0 aromatic heterocycles. The Bertz CT molecular complexity index is 520. The highest BCUT2D eigenvalue weighted by Gasteiger charge is 2.36. The van der Waals surface area contributed by atoms with E-state index in [0.29, 0.717) is 11.6 Å². The van der Waals surface area contributed by atoms with Gasteiger partial charge in [-0.05, 0) is 45.2 Å². The van der Waals surface area contributed by atoms with Crippen molar-refractivity contribution in [3.8, 4) is 0 Å². The number of nitrogens with zero attached hydrogens (tertiary/aromatic N) is 1. The number of anilines is 1. The van der Waals surface area contributed by atoms with Gasteiger partial charge in [-0.15, -0.1) is 0 Å². The molecule has 0 N–H and O–H groups in total. The molecule has 112 valence electrons. The van der Waals surface area contributed by atoms with Crippen molar-refractivity contribution < 1.29 is 0 Å². The molecule has 21 heavy (non-hydrogen) atoms. The van der Waals surface area contributed by atoms with Crippen LogP contribution in [-0.4, -0.2) is 11.6 Å². The first-order valence-electron chi connectivity index (χ1n) is 8.38. The van der Waals surface area contributed by atoms with Gasteiger partial charge in [0, 0.05) is 11.2 Å². The minimum Gasteiger partial charge on any atom is -0.359 e. The van der Waals surface area contributed by atoms with E-state index < -0.39 is 0 Å². The molecule has 2 aliphatic rings. The Morgan fingerprint density at radius 2 is 1.76 bits per heavy atom. The second-order valence-corrected chi connectivity index (χ2v) is 6.87. The van der Waals surface area contributed by atoms with Gasteiger partial charge < -0.3 is 4.90 Å². The second kappa shape index (κ2) is 6.09. The Morgan fingerprint density at radius 3 is 2.38 bits per heavy atom. The fourth-order valence-corrected chi connectivity index (χ4v) is 3.95. The molecule has 1 aromatic rings. The van der Waals surface area contributed by atoms with Crippen LogP contribution in [-0.2, 0) is 0 Å². The lowest BCUT2D eigenvalue weighted by Gasteiger charge is -2.49. The summed E-state index contributed by atoms with van der Waals surface area (Å²) in [6.45, 7) is 4.67. The minimum absolute atomic E-state index is 0.299. The molecule has 0 bridgehead atoms. The number of para-hydroxylation sites is 1. The van der Waals surface area contributed by atoms with Crippen molar-refractivity contribution in [3.05, 3.63) is 54.1 Å². The molecule has 1 saturated carbocycles. The van der Waals surface area contributed by atoms with Crippen LogP contribution in [0.5, 0.6) is 0 Å². The second-order valence-electron chi connectivity index (χ2n) is 6.87. The van der Waals surface area contributed by atoms with Crippen LogP contribution in [0.25, 0.3) is 0 Å². The maximum atomic E-state index is 2.70. The van der Waals surface area contributed by atoms with Crippen LogP contribution in [0.4, 0.5) is 5.69 Å². The molecule has 0 heterocycles. The quantitative estimate of drug-likeness (QED) is 0.708. The molecule has 1 heteroatoms. The molecular formula is C20H27N. The van der Waals surface area contributed by atoms with Crippen LogP contribution in [0.15, 0.2) is 54.1 Å². The number of hydrogen-bond donors (Lipinski definition) is 0. The third-order valence-electron chi connectivity index (χ3n) is 5.14. The zero-order valence-corrected chi connectivity index (χ0v) is 13.4. The van der Waals surface area contributed by atoms with E-state index in [1.807, 2.05) is 0 Å². The largest absolute Gasteiger partial charge is 0.359 e. The van der Waals surface area contributed by atoms with Crippen molar-refractivity contribution in [2.24, 2.45) is 0 Å². The molecule has 0 radical (unpaired) electrons. The summed E-state index contributed by atoms with van der Waals surface area (Å²) in [5.74, 6) is 0. The van der Waals surface area contributed by atoms with E-state index in [1.54, 1.807) is 0 Å². The van der Waals surface area contributed by atoms with Crippen LogP contribution in [0.2, 0.25) is 0 Å². The van der Waals surface area contributed by atoms with Gasteiger partial charge in [0.1, 0.15) is 0 Å². The average molecular weight is 281 g/mol. The first kappa shape index (κ1) is 14.4. The Labute approximate surface area is 129 Å². The standard InChI is InChI=1S/C20H27N/c1-17-11-13-19(14-12-17)21(18-9-5-3-6-10-18)20(2)15-7-4-8-16-20/h3,5-6,9-13,19H,4,7-8,14-16H2,1-2H3. The maximum Gasteiger partial charge on any atom is 0.0516 e. The summed E-state index contributed by atoms with van der Waals surface area (Å²) in [5.41, 5.74) is 3.07. The number of rotatable bonds is 3. The van der Waals surface area contributed by atoms with Crippen molar-refractivity contribution >= 4 is 5.69 Å². The first-order chi connectivity index (χ1) is 10.2. The molecule has 1 aromatic carbocycles. The summed E-state index contributed by atoms with van der Waals surface area (Å²) in [6.07, 6.45) is 15.0. The Balaban J connectivity index is 1.93. The number of benzene rings is 1. The van der Waals surface area contributed by atoms with Gasteiger partial charge in [0.25, 0.3) is 0 Å². The van der Waals surface area contributed by atoms with Gasteiger partial charge in [-0.1, -0.05) is 61.3 Å². The average Bonchev–Trinajstić information content (AvgIpc) is 2.51. The van der Waals surface area contributed by atoms with Crippen LogP contribution in [0.1, 0.15) is 52.4 Å². The highest BCUT2D eigenvalue weighted by Crippen LogP contribution is 2.39. The highest BCUT2D eigenvalue weighted by molar-refractivity contribution is 5.52. The molecule has 2 aliphatic carbocycles. The molecule has 1 unspecified atom stereocenters. The van der Waals surface area contributed by atoms with Gasteiger partial charge >= 0.3 is 0 Å². The smallest absolute Gasteiger partial charge is 0.0516 e. The Kier molecular flexibility index (Phi) is 4.19. The summed E-state index contributed by atoms with van der Waals surface area (Å²) in [5, 5.41) is 0. The number of allylic oxidation sites excluding steroid dienone is 2. The van der Waals surface area contributed by atoms with Crippen molar-refractivity contribution in [2.45, 2.75) is 64.0 Å². The van der Waals surface area contributed by atoms with Crippen molar-refractivity contribution in [2.75, 3.05) is 4.90 Å². The van der Waals surface area contributed by atoms with Crippen molar-refractivity contribution in [1.29, 1.82) is 0 Å². The van der Waals surface area contributed by atoms with Gasteiger partial charge in [-0.2, -0.15) is 0 Å². The molecule has 0 spiro atoms. The highest BCUT2D eigenvalue weighted by atomic mass is 15.2. The van der Waals surface area contributed by atoms with E-state index in [4.69, 9.17) is 0 Å². The Hall–Kier alpha value is -1.50. The van der Waals surface area contributed by atoms with E-state index in [1.165, 1.54) is 43.4 Å². The third kappa shape index (κ3) is 3.07. The lowest BCUT2D eigenvalue weighted by atomic mass is 9.80.